The van der Waals surface area contributed by atoms with Gasteiger partial charge in [0, 0.05) is 16.5 Å². The highest BCUT2D eigenvalue weighted by Crippen LogP contribution is 2.37. The number of amides is 1. The van der Waals surface area contributed by atoms with Crippen molar-refractivity contribution in [2.45, 2.75) is 12.5 Å². The van der Waals surface area contributed by atoms with Gasteiger partial charge in [0.1, 0.15) is 0 Å². The molecular weight excluding hydrogens is 500 g/mol. The molecule has 0 aromatic heterocycles. The molecule has 172 valence electrons. The van der Waals surface area contributed by atoms with Gasteiger partial charge in [0.05, 0.1) is 23.7 Å². The molecular formula is C29H23BrN4O. The average Bonchev–Trinajstić information content (AvgIpc) is 3.36. The molecule has 1 heterocycles. The van der Waals surface area contributed by atoms with Crippen LogP contribution in [0.4, 0.5) is 5.69 Å². The van der Waals surface area contributed by atoms with Crippen LogP contribution in [0.25, 0.3) is 0 Å². The topological polar surface area (TPSA) is 57.1 Å². The fraction of sp³-hybridized carbons (Fsp3) is 0.0690. The fourth-order valence-corrected chi connectivity index (χ4v) is 4.29. The van der Waals surface area contributed by atoms with Crippen LogP contribution in [0.15, 0.2) is 124 Å². The number of hydrogen-bond donors (Lipinski definition) is 1. The number of rotatable bonds is 6. The quantitative estimate of drug-likeness (QED) is 0.230. The lowest BCUT2D eigenvalue weighted by molar-refractivity contribution is 0.0955. The highest BCUT2D eigenvalue weighted by Gasteiger charge is 2.29. The number of halogens is 1. The van der Waals surface area contributed by atoms with E-state index in [1.807, 2.05) is 60.7 Å². The van der Waals surface area contributed by atoms with Crippen molar-refractivity contribution in [3.05, 3.63) is 136 Å². The zero-order valence-corrected chi connectivity index (χ0v) is 20.5. The molecule has 4 aromatic rings. The van der Waals surface area contributed by atoms with Crippen molar-refractivity contribution in [1.29, 1.82) is 0 Å². The molecule has 0 spiro atoms. The number of hydrogen-bond acceptors (Lipinski definition) is 4. The summed E-state index contributed by atoms with van der Waals surface area (Å²) in [7, 11) is 0. The lowest BCUT2D eigenvalue weighted by atomic mass is 9.98. The van der Waals surface area contributed by atoms with E-state index in [0.29, 0.717) is 5.56 Å². The van der Waals surface area contributed by atoms with E-state index < -0.39 is 0 Å². The first-order valence-electron chi connectivity index (χ1n) is 11.3. The summed E-state index contributed by atoms with van der Waals surface area (Å²) in [6.07, 6.45) is 2.46. The van der Waals surface area contributed by atoms with Crippen LogP contribution in [0.1, 0.15) is 39.5 Å². The van der Waals surface area contributed by atoms with E-state index in [4.69, 9.17) is 5.10 Å². The number of benzene rings is 4. The Balaban J connectivity index is 1.35. The second-order valence-corrected chi connectivity index (χ2v) is 9.10. The molecule has 1 amide bonds. The number of nitrogens with one attached hydrogen (secondary N) is 1. The van der Waals surface area contributed by atoms with E-state index in [1.165, 1.54) is 5.56 Å². The maximum atomic E-state index is 12.2. The SMILES string of the molecule is O=C(NN=Cc1ccc(N2N=C(c3ccccc3)CC2c2ccc(Br)cc2)cc1)c1ccccc1. The maximum Gasteiger partial charge on any atom is 0.271 e. The van der Waals surface area contributed by atoms with Crippen LogP contribution < -0.4 is 10.4 Å². The molecule has 1 aliphatic rings. The van der Waals surface area contributed by atoms with E-state index in [9.17, 15) is 4.79 Å². The third kappa shape index (κ3) is 5.39. The van der Waals surface area contributed by atoms with Crippen molar-refractivity contribution in [2.24, 2.45) is 10.2 Å². The summed E-state index contributed by atoms with van der Waals surface area (Å²) in [6, 6.07) is 35.9. The van der Waals surface area contributed by atoms with Crippen molar-refractivity contribution >= 4 is 39.5 Å². The first-order valence-corrected chi connectivity index (χ1v) is 12.1. The molecule has 4 aromatic carbocycles. The van der Waals surface area contributed by atoms with Crippen LogP contribution in [0.3, 0.4) is 0 Å². The molecule has 0 radical (unpaired) electrons. The molecule has 0 bridgehead atoms. The third-order valence-corrected chi connectivity index (χ3v) is 6.37. The molecule has 1 aliphatic heterocycles. The van der Waals surface area contributed by atoms with Crippen LogP contribution in [0.5, 0.6) is 0 Å². The number of anilines is 1. The van der Waals surface area contributed by atoms with Crippen molar-refractivity contribution < 1.29 is 4.79 Å². The monoisotopic (exact) mass is 522 g/mol. The minimum absolute atomic E-state index is 0.1000. The zero-order chi connectivity index (χ0) is 24.0. The van der Waals surface area contributed by atoms with Crippen molar-refractivity contribution in [2.75, 3.05) is 5.01 Å². The Morgan fingerprint density at radius 2 is 1.54 bits per heavy atom. The van der Waals surface area contributed by atoms with E-state index in [1.54, 1.807) is 18.3 Å². The largest absolute Gasteiger partial charge is 0.271 e. The Morgan fingerprint density at radius 3 is 2.23 bits per heavy atom. The molecule has 1 unspecified atom stereocenters. The predicted molar refractivity (Wildman–Crippen MR) is 145 cm³/mol. The fourth-order valence-electron chi connectivity index (χ4n) is 4.03. The van der Waals surface area contributed by atoms with Crippen LogP contribution in [-0.2, 0) is 0 Å². The van der Waals surface area contributed by atoms with Gasteiger partial charge in [-0.25, -0.2) is 5.43 Å². The van der Waals surface area contributed by atoms with Crippen LogP contribution in [0, 0.1) is 0 Å². The van der Waals surface area contributed by atoms with E-state index >= 15 is 0 Å². The lowest BCUT2D eigenvalue weighted by Crippen LogP contribution is -2.18. The van der Waals surface area contributed by atoms with Gasteiger partial charge in [-0.15, -0.1) is 0 Å². The smallest absolute Gasteiger partial charge is 0.267 e. The van der Waals surface area contributed by atoms with Gasteiger partial charge in [0.15, 0.2) is 0 Å². The van der Waals surface area contributed by atoms with Crippen molar-refractivity contribution in [3.63, 3.8) is 0 Å². The molecule has 0 saturated carbocycles. The molecule has 1 atom stereocenters. The second-order valence-electron chi connectivity index (χ2n) is 8.19. The molecule has 0 saturated heterocycles. The van der Waals surface area contributed by atoms with E-state index in [0.717, 1.165) is 33.4 Å². The second kappa shape index (κ2) is 10.5. The molecule has 5 rings (SSSR count). The first-order chi connectivity index (χ1) is 17.2. The summed E-state index contributed by atoms with van der Waals surface area (Å²) in [5.41, 5.74) is 8.42. The van der Waals surface area contributed by atoms with Gasteiger partial charge >= 0.3 is 0 Å². The van der Waals surface area contributed by atoms with Crippen LogP contribution in [-0.4, -0.2) is 17.8 Å². The average molecular weight is 523 g/mol. The van der Waals surface area contributed by atoms with Gasteiger partial charge in [0.2, 0.25) is 0 Å². The summed E-state index contributed by atoms with van der Waals surface area (Å²) in [5.74, 6) is -0.240. The van der Waals surface area contributed by atoms with Gasteiger partial charge in [-0.05, 0) is 53.1 Å². The molecule has 6 heteroatoms. The third-order valence-electron chi connectivity index (χ3n) is 5.85. The minimum Gasteiger partial charge on any atom is -0.267 e. The standard InChI is InChI=1S/C29H23BrN4O/c30-25-15-13-23(14-16-25)28-19-27(22-7-3-1-4-8-22)33-34(28)26-17-11-21(12-18-26)20-31-32-29(35)24-9-5-2-6-10-24/h1-18,20,28H,19H2,(H,32,35). The Hall–Kier alpha value is -4.03. The van der Waals surface area contributed by atoms with Crippen LogP contribution in [0.2, 0.25) is 0 Å². The Bertz CT molecular complexity index is 1350. The Labute approximate surface area is 212 Å². The first kappa shape index (κ1) is 22.7. The molecule has 1 N–H and O–H groups in total. The van der Waals surface area contributed by atoms with E-state index in [-0.39, 0.29) is 11.9 Å². The van der Waals surface area contributed by atoms with Crippen LogP contribution >= 0.6 is 15.9 Å². The molecule has 0 aliphatic carbocycles. The summed E-state index contributed by atoms with van der Waals surface area (Å²) in [5, 5.41) is 11.2. The normalized spacial score (nSPS) is 15.3. The molecule has 35 heavy (non-hydrogen) atoms. The van der Waals surface area contributed by atoms with Crippen molar-refractivity contribution in [3.8, 4) is 0 Å². The zero-order valence-electron chi connectivity index (χ0n) is 18.9. The van der Waals surface area contributed by atoms with Gasteiger partial charge in [-0.1, -0.05) is 88.7 Å². The maximum absolute atomic E-state index is 12.2. The number of carbonyl (C=O) groups excluding carboxylic acids is 1. The summed E-state index contributed by atoms with van der Waals surface area (Å²) in [6.45, 7) is 0. The summed E-state index contributed by atoms with van der Waals surface area (Å²) >= 11 is 3.53. The Kier molecular flexibility index (Phi) is 6.82. The van der Waals surface area contributed by atoms with E-state index in [2.05, 4.69) is 67.9 Å². The predicted octanol–water partition coefficient (Wildman–Crippen LogP) is 6.57. The number of nitrogens with zero attached hydrogens (tertiary/aromatic N) is 3. The van der Waals surface area contributed by atoms with Crippen molar-refractivity contribution in [1.82, 2.24) is 5.43 Å². The van der Waals surface area contributed by atoms with Gasteiger partial charge in [-0.2, -0.15) is 10.2 Å². The van der Waals surface area contributed by atoms with Gasteiger partial charge < -0.3 is 0 Å². The highest BCUT2D eigenvalue weighted by molar-refractivity contribution is 9.10. The highest BCUT2D eigenvalue weighted by atomic mass is 79.9. The van der Waals surface area contributed by atoms with Gasteiger partial charge in [0.25, 0.3) is 5.91 Å². The molecule has 5 nitrogen and oxygen atoms in total. The number of carbonyl (C=O) groups is 1. The summed E-state index contributed by atoms with van der Waals surface area (Å²) in [4.78, 5) is 12.2. The minimum atomic E-state index is -0.240. The number of hydrazone groups is 2. The lowest BCUT2D eigenvalue weighted by Gasteiger charge is -2.24. The van der Waals surface area contributed by atoms with Gasteiger partial charge in [-0.3, -0.25) is 9.80 Å². The molecule has 0 fully saturated rings. The summed E-state index contributed by atoms with van der Waals surface area (Å²) < 4.78 is 1.05. The Morgan fingerprint density at radius 1 is 0.886 bits per heavy atom.